The summed E-state index contributed by atoms with van der Waals surface area (Å²) in [4.78, 5) is 14.0. The number of piperidine rings is 1. The Morgan fingerprint density at radius 2 is 2.12 bits per heavy atom. The summed E-state index contributed by atoms with van der Waals surface area (Å²) in [6, 6.07) is 4.57. The second-order valence-corrected chi connectivity index (χ2v) is 8.00. The second kappa shape index (κ2) is 7.92. The molecule has 1 saturated heterocycles. The Balaban J connectivity index is 2.04. The lowest BCUT2D eigenvalue weighted by atomic mass is 9.90. The van der Waals surface area contributed by atoms with E-state index < -0.39 is 11.2 Å². The SMILES string of the molecule is CCC1(OCc2ccc(Cl)cc2F)CCCN(C(=O)OC(C)(C)C)C1. The van der Waals surface area contributed by atoms with Crippen LogP contribution in [0.25, 0.3) is 0 Å². The Morgan fingerprint density at radius 1 is 1.40 bits per heavy atom. The molecule has 1 fully saturated rings. The van der Waals surface area contributed by atoms with E-state index in [2.05, 4.69) is 0 Å². The average molecular weight is 372 g/mol. The van der Waals surface area contributed by atoms with Gasteiger partial charge in [0.25, 0.3) is 0 Å². The maximum absolute atomic E-state index is 14.0. The number of nitrogens with zero attached hydrogens (tertiary/aromatic N) is 1. The van der Waals surface area contributed by atoms with Gasteiger partial charge in [-0.2, -0.15) is 0 Å². The smallest absolute Gasteiger partial charge is 0.410 e. The van der Waals surface area contributed by atoms with Crippen molar-refractivity contribution in [1.29, 1.82) is 0 Å². The van der Waals surface area contributed by atoms with Crippen molar-refractivity contribution in [2.45, 2.75) is 64.8 Å². The molecule has 140 valence electrons. The number of benzene rings is 1. The van der Waals surface area contributed by atoms with Gasteiger partial charge in [0.1, 0.15) is 11.4 Å². The van der Waals surface area contributed by atoms with Crippen molar-refractivity contribution in [1.82, 2.24) is 4.90 Å². The molecule has 1 heterocycles. The third-order valence-electron chi connectivity index (χ3n) is 4.38. The van der Waals surface area contributed by atoms with Gasteiger partial charge in [-0.1, -0.05) is 24.6 Å². The molecule has 0 radical (unpaired) electrons. The molecule has 0 aliphatic carbocycles. The molecule has 1 aliphatic heterocycles. The fourth-order valence-electron chi connectivity index (χ4n) is 2.96. The van der Waals surface area contributed by atoms with Crippen LogP contribution >= 0.6 is 11.6 Å². The third-order valence-corrected chi connectivity index (χ3v) is 4.62. The molecule has 1 atom stereocenters. The van der Waals surface area contributed by atoms with Crippen molar-refractivity contribution in [3.8, 4) is 0 Å². The third kappa shape index (κ3) is 5.58. The van der Waals surface area contributed by atoms with Crippen LogP contribution in [0, 0.1) is 5.82 Å². The Kier molecular flexibility index (Phi) is 6.33. The lowest BCUT2D eigenvalue weighted by Crippen LogP contribution is -2.52. The van der Waals surface area contributed by atoms with Crippen LogP contribution in [-0.2, 0) is 16.1 Å². The Bertz CT molecular complexity index is 617. The number of rotatable bonds is 4. The minimum Gasteiger partial charge on any atom is -0.444 e. The highest BCUT2D eigenvalue weighted by Crippen LogP contribution is 2.31. The summed E-state index contributed by atoms with van der Waals surface area (Å²) in [5.41, 5.74) is -0.551. The predicted octanol–water partition coefficient (Wildman–Crippen LogP) is 5.18. The normalized spacial score (nSPS) is 21.3. The topological polar surface area (TPSA) is 38.8 Å². The molecule has 0 aromatic heterocycles. The summed E-state index contributed by atoms with van der Waals surface area (Å²) in [7, 11) is 0. The summed E-state index contributed by atoms with van der Waals surface area (Å²) < 4.78 is 25.5. The standard InChI is InChI=1S/C19H27ClFNO3/c1-5-19(24-12-14-7-8-15(20)11-16(14)21)9-6-10-22(13-19)17(23)25-18(2,3)4/h7-8,11H,5-6,9-10,12-13H2,1-4H3. The fourth-order valence-corrected chi connectivity index (χ4v) is 3.12. The fraction of sp³-hybridized carbons (Fsp3) is 0.632. The molecule has 1 aromatic carbocycles. The quantitative estimate of drug-likeness (QED) is 0.732. The second-order valence-electron chi connectivity index (χ2n) is 7.57. The zero-order valence-electron chi connectivity index (χ0n) is 15.4. The highest BCUT2D eigenvalue weighted by atomic mass is 35.5. The first kappa shape index (κ1) is 20.0. The number of hydrogen-bond donors (Lipinski definition) is 0. The molecule has 1 aromatic rings. The van der Waals surface area contributed by atoms with E-state index in [4.69, 9.17) is 21.1 Å². The molecular weight excluding hydrogens is 345 g/mol. The Labute approximate surface area is 154 Å². The Morgan fingerprint density at radius 3 is 2.72 bits per heavy atom. The van der Waals surface area contributed by atoms with Crippen LogP contribution in [0.15, 0.2) is 18.2 Å². The van der Waals surface area contributed by atoms with Gasteiger partial charge in [-0.05, 0) is 52.2 Å². The van der Waals surface area contributed by atoms with E-state index in [0.717, 1.165) is 19.3 Å². The molecule has 1 amide bonds. The van der Waals surface area contributed by atoms with Crippen molar-refractivity contribution in [3.05, 3.63) is 34.6 Å². The lowest BCUT2D eigenvalue weighted by Gasteiger charge is -2.42. The van der Waals surface area contributed by atoms with Gasteiger partial charge in [-0.3, -0.25) is 0 Å². The Hall–Kier alpha value is -1.33. The van der Waals surface area contributed by atoms with Crippen molar-refractivity contribution in [3.63, 3.8) is 0 Å². The molecule has 4 nitrogen and oxygen atoms in total. The molecule has 25 heavy (non-hydrogen) atoms. The van der Waals surface area contributed by atoms with E-state index in [-0.39, 0.29) is 18.5 Å². The van der Waals surface area contributed by atoms with Gasteiger partial charge in [0.2, 0.25) is 0 Å². The van der Waals surface area contributed by atoms with Crippen LogP contribution in [0.3, 0.4) is 0 Å². The lowest BCUT2D eigenvalue weighted by molar-refractivity contribution is -0.102. The van der Waals surface area contributed by atoms with E-state index in [0.29, 0.717) is 23.7 Å². The van der Waals surface area contributed by atoms with Crippen LogP contribution < -0.4 is 0 Å². The molecule has 0 spiro atoms. The number of amides is 1. The molecule has 1 unspecified atom stereocenters. The predicted molar refractivity (Wildman–Crippen MR) is 96.3 cm³/mol. The molecule has 0 saturated carbocycles. The van der Waals surface area contributed by atoms with Gasteiger partial charge in [-0.25, -0.2) is 9.18 Å². The summed E-state index contributed by atoms with van der Waals surface area (Å²) in [5.74, 6) is -0.376. The number of carbonyl (C=O) groups is 1. The zero-order chi connectivity index (χ0) is 18.7. The van der Waals surface area contributed by atoms with E-state index in [1.54, 1.807) is 17.0 Å². The number of hydrogen-bond acceptors (Lipinski definition) is 3. The number of halogens is 2. The highest BCUT2D eigenvalue weighted by Gasteiger charge is 2.38. The molecule has 6 heteroatoms. The average Bonchev–Trinajstić information content (AvgIpc) is 2.52. The minimum absolute atomic E-state index is 0.152. The molecule has 0 bridgehead atoms. The summed E-state index contributed by atoms with van der Waals surface area (Å²) >= 11 is 5.79. The monoisotopic (exact) mass is 371 g/mol. The van der Waals surface area contributed by atoms with Crippen molar-refractivity contribution in [2.24, 2.45) is 0 Å². The molecule has 1 aliphatic rings. The van der Waals surface area contributed by atoms with Crippen LogP contribution in [0.5, 0.6) is 0 Å². The number of likely N-dealkylation sites (tertiary alicyclic amines) is 1. The van der Waals surface area contributed by atoms with Gasteiger partial charge in [-0.15, -0.1) is 0 Å². The van der Waals surface area contributed by atoms with Crippen LogP contribution in [0.2, 0.25) is 5.02 Å². The summed E-state index contributed by atoms with van der Waals surface area (Å²) in [5, 5.41) is 0.361. The van der Waals surface area contributed by atoms with Crippen LogP contribution in [-0.4, -0.2) is 35.3 Å². The van der Waals surface area contributed by atoms with Crippen molar-refractivity contribution < 1.29 is 18.7 Å². The van der Waals surface area contributed by atoms with Crippen molar-refractivity contribution in [2.75, 3.05) is 13.1 Å². The summed E-state index contributed by atoms with van der Waals surface area (Å²) in [6.07, 6.45) is 2.07. The van der Waals surface area contributed by atoms with Crippen LogP contribution in [0.4, 0.5) is 9.18 Å². The maximum atomic E-state index is 14.0. The first-order valence-electron chi connectivity index (χ1n) is 8.70. The highest BCUT2D eigenvalue weighted by molar-refractivity contribution is 6.30. The largest absolute Gasteiger partial charge is 0.444 e. The van der Waals surface area contributed by atoms with Gasteiger partial charge in [0, 0.05) is 17.1 Å². The molecular formula is C19H27ClFNO3. The summed E-state index contributed by atoms with van der Waals surface area (Å²) in [6.45, 7) is 8.82. The van der Waals surface area contributed by atoms with Gasteiger partial charge in [0.15, 0.2) is 0 Å². The first-order chi connectivity index (χ1) is 11.6. The molecule has 2 rings (SSSR count). The minimum atomic E-state index is -0.531. The van der Waals surface area contributed by atoms with Crippen molar-refractivity contribution >= 4 is 17.7 Å². The van der Waals surface area contributed by atoms with E-state index >= 15 is 0 Å². The van der Waals surface area contributed by atoms with Gasteiger partial charge in [0.05, 0.1) is 18.8 Å². The first-order valence-corrected chi connectivity index (χ1v) is 9.08. The van der Waals surface area contributed by atoms with E-state index in [9.17, 15) is 9.18 Å². The molecule has 0 N–H and O–H groups in total. The number of ether oxygens (including phenoxy) is 2. The zero-order valence-corrected chi connectivity index (χ0v) is 16.2. The number of carbonyl (C=O) groups excluding carboxylic acids is 1. The van der Waals surface area contributed by atoms with Crippen LogP contribution in [0.1, 0.15) is 52.5 Å². The van der Waals surface area contributed by atoms with Gasteiger partial charge < -0.3 is 14.4 Å². The van der Waals surface area contributed by atoms with E-state index in [1.807, 2.05) is 27.7 Å². The van der Waals surface area contributed by atoms with Gasteiger partial charge >= 0.3 is 6.09 Å². The van der Waals surface area contributed by atoms with E-state index in [1.165, 1.54) is 6.07 Å². The maximum Gasteiger partial charge on any atom is 0.410 e.